The average molecular weight is 275 g/mol. The van der Waals surface area contributed by atoms with Crippen molar-refractivity contribution in [2.45, 2.75) is 32.4 Å². The molecule has 0 aromatic carbocycles. The summed E-state index contributed by atoms with van der Waals surface area (Å²) >= 11 is 7.16. The fourth-order valence-electron chi connectivity index (χ4n) is 2.01. The van der Waals surface area contributed by atoms with Crippen LogP contribution in [0.25, 0.3) is 0 Å². The number of likely N-dealkylation sites (tertiary alicyclic amines) is 1. The summed E-state index contributed by atoms with van der Waals surface area (Å²) < 4.78 is 0.494. The number of aromatic nitrogens is 2. The Kier molecular flexibility index (Phi) is 4.31. The fourth-order valence-corrected chi connectivity index (χ4v) is 2.92. The number of hydrogen-bond acceptors (Lipinski definition) is 5. The van der Waals surface area contributed by atoms with Gasteiger partial charge in [0.2, 0.25) is 10.4 Å². The van der Waals surface area contributed by atoms with Crippen LogP contribution < -0.4 is 5.32 Å². The van der Waals surface area contributed by atoms with Gasteiger partial charge in [-0.25, -0.2) is 0 Å². The van der Waals surface area contributed by atoms with Gasteiger partial charge in [-0.3, -0.25) is 9.69 Å². The van der Waals surface area contributed by atoms with Crippen molar-refractivity contribution in [2.75, 3.05) is 13.1 Å². The lowest BCUT2D eigenvalue weighted by atomic mass is 10.1. The second-order valence-corrected chi connectivity index (χ2v) is 5.84. The number of amides is 1. The molecule has 7 heteroatoms. The lowest BCUT2D eigenvalue weighted by Gasteiger charge is -2.31. The van der Waals surface area contributed by atoms with Crippen molar-refractivity contribution in [3.63, 3.8) is 0 Å². The van der Waals surface area contributed by atoms with Crippen LogP contribution in [0.1, 0.15) is 24.8 Å². The van der Waals surface area contributed by atoms with Gasteiger partial charge in [0.25, 0.3) is 0 Å². The molecule has 1 fully saturated rings. The van der Waals surface area contributed by atoms with Gasteiger partial charge in [0.1, 0.15) is 5.01 Å². The SMILES string of the molecule is CC(=O)NC1CCN(Cc2nnc(Cl)s2)CC1. The molecule has 0 saturated carbocycles. The standard InChI is InChI=1S/C10H15ClN4OS/c1-7(16)12-8-2-4-15(5-3-8)6-9-13-14-10(11)17-9/h8H,2-6H2,1H3,(H,12,16). The van der Waals surface area contributed by atoms with Gasteiger partial charge in [0.15, 0.2) is 0 Å². The maximum Gasteiger partial charge on any atom is 0.217 e. The number of hydrogen-bond donors (Lipinski definition) is 1. The molecule has 1 aliphatic rings. The molecule has 0 atom stereocenters. The molecule has 2 rings (SSSR count). The number of carbonyl (C=O) groups excluding carboxylic acids is 1. The minimum Gasteiger partial charge on any atom is -0.354 e. The maximum atomic E-state index is 10.9. The highest BCUT2D eigenvalue weighted by Gasteiger charge is 2.20. The van der Waals surface area contributed by atoms with E-state index in [-0.39, 0.29) is 5.91 Å². The minimum atomic E-state index is 0.0550. The Morgan fingerprint density at radius 2 is 2.24 bits per heavy atom. The van der Waals surface area contributed by atoms with Crippen LogP contribution in [0.2, 0.25) is 4.47 Å². The van der Waals surface area contributed by atoms with E-state index in [4.69, 9.17) is 11.6 Å². The normalized spacial score (nSPS) is 18.2. The third-order valence-electron chi connectivity index (χ3n) is 2.80. The van der Waals surface area contributed by atoms with Crippen LogP contribution >= 0.6 is 22.9 Å². The molecule has 2 heterocycles. The predicted molar refractivity (Wildman–Crippen MR) is 67.0 cm³/mol. The quantitative estimate of drug-likeness (QED) is 0.902. The zero-order chi connectivity index (χ0) is 12.3. The summed E-state index contributed by atoms with van der Waals surface area (Å²) in [5.41, 5.74) is 0. The monoisotopic (exact) mass is 274 g/mol. The largest absolute Gasteiger partial charge is 0.354 e. The average Bonchev–Trinajstić information content (AvgIpc) is 2.66. The molecule has 1 aromatic rings. The predicted octanol–water partition coefficient (Wildman–Crippen LogP) is 1.29. The molecule has 94 valence electrons. The highest BCUT2D eigenvalue weighted by atomic mass is 35.5. The molecule has 0 aliphatic carbocycles. The third kappa shape index (κ3) is 3.90. The summed E-state index contributed by atoms with van der Waals surface area (Å²) in [4.78, 5) is 13.2. The molecular formula is C10H15ClN4OS. The third-order valence-corrected chi connectivity index (χ3v) is 3.80. The molecule has 5 nitrogen and oxygen atoms in total. The van der Waals surface area contributed by atoms with Crippen LogP contribution in [0.5, 0.6) is 0 Å². The number of piperidine rings is 1. The highest BCUT2D eigenvalue weighted by molar-refractivity contribution is 7.15. The summed E-state index contributed by atoms with van der Waals surface area (Å²) in [5, 5.41) is 11.7. The van der Waals surface area contributed by atoms with Crippen molar-refractivity contribution in [3.8, 4) is 0 Å². The Balaban J connectivity index is 1.77. The number of nitrogens with zero attached hydrogens (tertiary/aromatic N) is 3. The van der Waals surface area contributed by atoms with Crippen LogP contribution in [-0.2, 0) is 11.3 Å². The smallest absolute Gasteiger partial charge is 0.217 e. The van der Waals surface area contributed by atoms with Gasteiger partial charge < -0.3 is 5.32 Å². The molecule has 0 unspecified atom stereocenters. The Bertz CT molecular complexity index is 389. The minimum absolute atomic E-state index is 0.0550. The molecule has 1 aromatic heterocycles. The number of halogens is 1. The lowest BCUT2D eigenvalue weighted by molar-refractivity contribution is -0.119. The molecular weight excluding hydrogens is 260 g/mol. The Labute approximate surface area is 109 Å². The van der Waals surface area contributed by atoms with Crippen LogP contribution in [0.3, 0.4) is 0 Å². The molecule has 0 spiro atoms. The second-order valence-electron chi connectivity index (χ2n) is 4.20. The molecule has 0 radical (unpaired) electrons. The van der Waals surface area contributed by atoms with Gasteiger partial charge in [-0.15, -0.1) is 10.2 Å². The van der Waals surface area contributed by atoms with Crippen molar-refractivity contribution in [2.24, 2.45) is 0 Å². The van der Waals surface area contributed by atoms with E-state index in [0.717, 1.165) is 37.5 Å². The Morgan fingerprint density at radius 3 is 2.76 bits per heavy atom. The van der Waals surface area contributed by atoms with Gasteiger partial charge in [-0.2, -0.15) is 0 Å². The molecule has 1 N–H and O–H groups in total. The van der Waals surface area contributed by atoms with E-state index >= 15 is 0 Å². The summed E-state index contributed by atoms with van der Waals surface area (Å²) in [6.45, 7) is 4.32. The van der Waals surface area contributed by atoms with Gasteiger partial charge >= 0.3 is 0 Å². The lowest BCUT2D eigenvalue weighted by Crippen LogP contribution is -2.43. The van der Waals surface area contributed by atoms with E-state index in [2.05, 4.69) is 20.4 Å². The molecule has 17 heavy (non-hydrogen) atoms. The first kappa shape index (κ1) is 12.7. The van der Waals surface area contributed by atoms with Crippen LogP contribution in [0.4, 0.5) is 0 Å². The van der Waals surface area contributed by atoms with Crippen LogP contribution in [0, 0.1) is 0 Å². The summed E-state index contributed by atoms with van der Waals surface area (Å²) in [6.07, 6.45) is 1.98. The second kappa shape index (κ2) is 5.75. The van der Waals surface area contributed by atoms with E-state index in [1.54, 1.807) is 6.92 Å². The first-order valence-electron chi connectivity index (χ1n) is 5.61. The van der Waals surface area contributed by atoms with E-state index in [9.17, 15) is 4.79 Å². The Hall–Kier alpha value is -0.720. The zero-order valence-electron chi connectivity index (χ0n) is 9.65. The summed E-state index contributed by atoms with van der Waals surface area (Å²) in [7, 11) is 0. The van der Waals surface area contributed by atoms with E-state index < -0.39 is 0 Å². The first-order chi connectivity index (χ1) is 8.13. The summed E-state index contributed by atoms with van der Waals surface area (Å²) in [6, 6.07) is 0.321. The molecule has 1 aliphatic heterocycles. The van der Waals surface area contributed by atoms with Crippen LogP contribution in [-0.4, -0.2) is 40.1 Å². The first-order valence-corrected chi connectivity index (χ1v) is 6.80. The molecule has 1 amide bonds. The molecule has 0 bridgehead atoms. The van der Waals surface area contributed by atoms with Crippen molar-refractivity contribution < 1.29 is 4.79 Å². The molecule has 1 saturated heterocycles. The van der Waals surface area contributed by atoms with Gasteiger partial charge in [0, 0.05) is 26.1 Å². The summed E-state index contributed by atoms with van der Waals surface area (Å²) in [5.74, 6) is 0.0550. The number of nitrogens with one attached hydrogen (secondary N) is 1. The maximum absolute atomic E-state index is 10.9. The number of carbonyl (C=O) groups is 1. The number of rotatable bonds is 3. The zero-order valence-corrected chi connectivity index (χ0v) is 11.2. The van der Waals surface area contributed by atoms with Crippen molar-refractivity contribution in [3.05, 3.63) is 9.47 Å². The van der Waals surface area contributed by atoms with Crippen LogP contribution in [0.15, 0.2) is 0 Å². The van der Waals surface area contributed by atoms with Crippen molar-refractivity contribution >= 4 is 28.8 Å². The van der Waals surface area contributed by atoms with E-state index in [1.165, 1.54) is 11.3 Å². The van der Waals surface area contributed by atoms with Crippen molar-refractivity contribution in [1.29, 1.82) is 0 Å². The highest BCUT2D eigenvalue weighted by Crippen LogP contribution is 2.19. The van der Waals surface area contributed by atoms with E-state index in [1.807, 2.05) is 0 Å². The Morgan fingerprint density at radius 1 is 1.53 bits per heavy atom. The van der Waals surface area contributed by atoms with Gasteiger partial charge in [-0.05, 0) is 24.4 Å². The topological polar surface area (TPSA) is 58.1 Å². The van der Waals surface area contributed by atoms with E-state index in [0.29, 0.717) is 10.5 Å². The van der Waals surface area contributed by atoms with Gasteiger partial charge in [0.05, 0.1) is 6.54 Å². The van der Waals surface area contributed by atoms with Gasteiger partial charge in [-0.1, -0.05) is 11.3 Å². The fraction of sp³-hybridized carbons (Fsp3) is 0.700. The van der Waals surface area contributed by atoms with Crippen molar-refractivity contribution in [1.82, 2.24) is 20.4 Å².